The highest BCUT2D eigenvalue weighted by molar-refractivity contribution is 5.45. The molecule has 20 heavy (non-hydrogen) atoms. The average molecular weight is 275 g/mol. The van der Waals surface area contributed by atoms with Crippen LogP contribution in [-0.4, -0.2) is 27.2 Å². The van der Waals surface area contributed by atoms with Crippen LogP contribution in [0.2, 0.25) is 0 Å². The van der Waals surface area contributed by atoms with Gasteiger partial charge in [-0.15, -0.1) is 0 Å². The molecule has 0 saturated carbocycles. The zero-order valence-electron chi connectivity index (χ0n) is 12.1. The van der Waals surface area contributed by atoms with Crippen LogP contribution in [0, 0.1) is 6.92 Å². The third-order valence-corrected chi connectivity index (χ3v) is 4.07. The van der Waals surface area contributed by atoms with E-state index in [1.54, 1.807) is 6.20 Å². The van der Waals surface area contributed by atoms with Gasteiger partial charge in [-0.05, 0) is 26.2 Å². The zero-order valence-corrected chi connectivity index (χ0v) is 12.1. The summed E-state index contributed by atoms with van der Waals surface area (Å²) in [6, 6.07) is 0. The lowest BCUT2D eigenvalue weighted by Crippen LogP contribution is -2.25. The predicted octanol–water partition coefficient (Wildman–Crippen LogP) is 2.11. The van der Waals surface area contributed by atoms with Crippen LogP contribution in [0.3, 0.4) is 0 Å². The Labute approximate surface area is 118 Å². The smallest absolute Gasteiger partial charge is 0.276 e. The van der Waals surface area contributed by atoms with E-state index in [1.807, 2.05) is 22.1 Å². The lowest BCUT2D eigenvalue weighted by atomic mass is 10.00. The monoisotopic (exact) mass is 275 g/mol. The molecule has 0 unspecified atom stereocenters. The van der Waals surface area contributed by atoms with Gasteiger partial charge in [0.05, 0.1) is 6.20 Å². The summed E-state index contributed by atoms with van der Waals surface area (Å²) in [5, 5.41) is 0. The molecule has 5 nitrogen and oxygen atoms in total. The number of rotatable bonds is 3. The molecule has 108 valence electrons. The van der Waals surface area contributed by atoms with Crippen molar-refractivity contribution in [1.82, 2.24) is 14.0 Å². The molecule has 3 heterocycles. The second kappa shape index (κ2) is 5.40. The summed E-state index contributed by atoms with van der Waals surface area (Å²) in [4.78, 5) is 17.0. The van der Waals surface area contributed by atoms with Crippen LogP contribution in [0.5, 0.6) is 0 Å². The first-order chi connectivity index (χ1) is 9.72. The van der Waals surface area contributed by atoms with Crippen molar-refractivity contribution in [2.24, 2.45) is 0 Å². The number of hydrogen-bond donors (Lipinski definition) is 0. The van der Waals surface area contributed by atoms with E-state index < -0.39 is 0 Å². The molecule has 1 aliphatic heterocycles. The van der Waals surface area contributed by atoms with Crippen molar-refractivity contribution in [2.45, 2.75) is 45.6 Å². The van der Waals surface area contributed by atoms with Crippen molar-refractivity contribution >= 4 is 5.52 Å². The van der Waals surface area contributed by atoms with Gasteiger partial charge in [-0.2, -0.15) is 0 Å². The largest absolute Gasteiger partial charge is 0.381 e. The van der Waals surface area contributed by atoms with Crippen molar-refractivity contribution in [3.8, 4) is 0 Å². The van der Waals surface area contributed by atoms with Gasteiger partial charge in [-0.3, -0.25) is 9.20 Å². The molecule has 2 aromatic heterocycles. The summed E-state index contributed by atoms with van der Waals surface area (Å²) in [5.41, 5.74) is 1.75. The molecular formula is C15H21N3O2. The molecule has 2 aromatic rings. The SMILES string of the molecule is CCCn1c(C)cn2c(C3CCOCC3)ncc2c1=O. The Morgan fingerprint density at radius 1 is 1.40 bits per heavy atom. The van der Waals surface area contributed by atoms with Crippen molar-refractivity contribution < 1.29 is 4.74 Å². The molecule has 1 aliphatic rings. The summed E-state index contributed by atoms with van der Waals surface area (Å²) in [7, 11) is 0. The van der Waals surface area contributed by atoms with Crippen molar-refractivity contribution in [3.05, 3.63) is 34.3 Å². The van der Waals surface area contributed by atoms with Gasteiger partial charge >= 0.3 is 0 Å². The number of nitrogens with zero attached hydrogens (tertiary/aromatic N) is 3. The second-order valence-electron chi connectivity index (χ2n) is 5.49. The summed E-state index contributed by atoms with van der Waals surface area (Å²) >= 11 is 0. The Bertz CT molecular complexity index is 666. The Kier molecular flexibility index (Phi) is 3.61. The van der Waals surface area contributed by atoms with Crippen LogP contribution in [0.25, 0.3) is 5.52 Å². The van der Waals surface area contributed by atoms with Crippen molar-refractivity contribution in [1.29, 1.82) is 0 Å². The standard InChI is InChI=1S/C15H21N3O2/c1-3-6-17-11(2)10-18-13(15(17)19)9-16-14(18)12-4-7-20-8-5-12/h9-10,12H,3-8H2,1-2H3. The molecule has 1 fully saturated rings. The third kappa shape index (κ3) is 2.16. The minimum atomic E-state index is 0.0673. The second-order valence-corrected chi connectivity index (χ2v) is 5.49. The van der Waals surface area contributed by atoms with E-state index in [2.05, 4.69) is 11.9 Å². The van der Waals surface area contributed by atoms with E-state index in [0.717, 1.165) is 50.5 Å². The van der Waals surface area contributed by atoms with Gasteiger partial charge < -0.3 is 9.30 Å². The highest BCUT2D eigenvalue weighted by atomic mass is 16.5. The third-order valence-electron chi connectivity index (χ3n) is 4.07. The van der Waals surface area contributed by atoms with Crippen LogP contribution in [-0.2, 0) is 11.3 Å². The maximum Gasteiger partial charge on any atom is 0.276 e. The first-order valence-corrected chi connectivity index (χ1v) is 7.37. The summed E-state index contributed by atoms with van der Waals surface area (Å²) in [6.45, 7) is 6.40. The molecular weight excluding hydrogens is 254 g/mol. The van der Waals surface area contributed by atoms with Crippen molar-refractivity contribution in [2.75, 3.05) is 13.2 Å². The van der Waals surface area contributed by atoms with Gasteiger partial charge in [0, 0.05) is 37.6 Å². The topological polar surface area (TPSA) is 48.5 Å². The number of aryl methyl sites for hydroxylation is 1. The van der Waals surface area contributed by atoms with Crippen LogP contribution >= 0.6 is 0 Å². The average Bonchev–Trinajstić information content (AvgIpc) is 2.88. The van der Waals surface area contributed by atoms with Gasteiger partial charge in [0.1, 0.15) is 11.3 Å². The van der Waals surface area contributed by atoms with E-state index in [-0.39, 0.29) is 5.56 Å². The van der Waals surface area contributed by atoms with Gasteiger partial charge in [-0.25, -0.2) is 4.98 Å². The fraction of sp³-hybridized carbons (Fsp3) is 0.600. The quantitative estimate of drug-likeness (QED) is 0.862. The maximum atomic E-state index is 12.5. The predicted molar refractivity (Wildman–Crippen MR) is 77.3 cm³/mol. The Hall–Kier alpha value is -1.62. The molecule has 0 bridgehead atoms. The van der Waals surface area contributed by atoms with Crippen LogP contribution in [0.15, 0.2) is 17.2 Å². The molecule has 0 aromatic carbocycles. The number of imidazole rings is 1. The number of fused-ring (bicyclic) bond motifs is 1. The van der Waals surface area contributed by atoms with E-state index in [0.29, 0.717) is 11.4 Å². The van der Waals surface area contributed by atoms with E-state index in [1.165, 1.54) is 0 Å². The molecule has 0 amide bonds. The van der Waals surface area contributed by atoms with E-state index in [9.17, 15) is 4.79 Å². The molecule has 3 rings (SSSR count). The minimum Gasteiger partial charge on any atom is -0.381 e. The zero-order chi connectivity index (χ0) is 14.1. The first-order valence-electron chi connectivity index (χ1n) is 7.37. The molecule has 0 atom stereocenters. The number of ether oxygens (including phenoxy) is 1. The van der Waals surface area contributed by atoms with Crippen LogP contribution in [0.4, 0.5) is 0 Å². The van der Waals surface area contributed by atoms with Gasteiger partial charge in [0.15, 0.2) is 0 Å². The number of aromatic nitrogens is 3. The Morgan fingerprint density at radius 2 is 2.15 bits per heavy atom. The van der Waals surface area contributed by atoms with Gasteiger partial charge in [-0.1, -0.05) is 6.92 Å². The molecule has 0 N–H and O–H groups in total. The normalized spacial score (nSPS) is 16.9. The Balaban J connectivity index is 2.11. The van der Waals surface area contributed by atoms with Crippen molar-refractivity contribution in [3.63, 3.8) is 0 Å². The number of hydrogen-bond acceptors (Lipinski definition) is 3. The minimum absolute atomic E-state index is 0.0673. The van der Waals surface area contributed by atoms with Gasteiger partial charge in [0.25, 0.3) is 5.56 Å². The molecule has 0 radical (unpaired) electrons. The lowest BCUT2D eigenvalue weighted by Gasteiger charge is -2.21. The lowest BCUT2D eigenvalue weighted by molar-refractivity contribution is 0.0835. The highest BCUT2D eigenvalue weighted by Gasteiger charge is 2.21. The van der Waals surface area contributed by atoms with Crippen LogP contribution in [0.1, 0.15) is 43.6 Å². The van der Waals surface area contributed by atoms with Crippen LogP contribution < -0.4 is 5.56 Å². The molecule has 5 heteroatoms. The fourth-order valence-corrected chi connectivity index (χ4v) is 2.98. The molecule has 0 aliphatic carbocycles. The summed E-state index contributed by atoms with van der Waals surface area (Å²) < 4.78 is 9.23. The molecule has 1 saturated heterocycles. The van der Waals surface area contributed by atoms with E-state index in [4.69, 9.17) is 4.74 Å². The maximum absolute atomic E-state index is 12.5. The fourth-order valence-electron chi connectivity index (χ4n) is 2.98. The summed E-state index contributed by atoms with van der Waals surface area (Å²) in [6.07, 6.45) is 6.69. The summed E-state index contributed by atoms with van der Waals surface area (Å²) in [5.74, 6) is 1.40. The molecule has 0 spiro atoms. The van der Waals surface area contributed by atoms with E-state index >= 15 is 0 Å². The highest BCUT2D eigenvalue weighted by Crippen LogP contribution is 2.26. The Morgan fingerprint density at radius 3 is 2.85 bits per heavy atom. The van der Waals surface area contributed by atoms with Gasteiger partial charge in [0.2, 0.25) is 0 Å². The first kappa shape index (κ1) is 13.4.